The average molecular weight is 359 g/mol. The Bertz CT molecular complexity index is 1000. The van der Waals surface area contributed by atoms with E-state index in [9.17, 15) is 15.4 Å². The Morgan fingerprint density at radius 2 is 2.04 bits per heavy atom. The number of imidazole rings is 1. The third-order valence-electron chi connectivity index (χ3n) is 3.33. The highest BCUT2D eigenvalue weighted by Gasteiger charge is 2.16. The third-order valence-corrected chi connectivity index (χ3v) is 3.96. The van der Waals surface area contributed by atoms with E-state index in [2.05, 4.69) is 9.97 Å². The number of H-pyrrole nitrogens is 1. The van der Waals surface area contributed by atoms with Crippen LogP contribution in [0.5, 0.6) is 0 Å². The molecule has 0 bridgehead atoms. The molecule has 24 heavy (non-hydrogen) atoms. The van der Waals surface area contributed by atoms with Crippen molar-refractivity contribution in [3.63, 3.8) is 0 Å². The van der Waals surface area contributed by atoms with Gasteiger partial charge < -0.3 is 4.98 Å². The molecule has 0 saturated carbocycles. The standard InChI is InChI=1S/C16H8Cl2N4O2/c17-11-7-12(18)15(22(23)24)6-9(11)5-10(8-19)16-20-13-3-1-2-4-14(13)21-16/h1-7H,(H,20,21). The highest BCUT2D eigenvalue weighted by Crippen LogP contribution is 2.32. The van der Waals surface area contributed by atoms with Crippen LogP contribution < -0.4 is 0 Å². The summed E-state index contributed by atoms with van der Waals surface area (Å²) in [7, 11) is 0. The molecule has 3 rings (SSSR count). The van der Waals surface area contributed by atoms with Gasteiger partial charge in [0, 0.05) is 16.7 Å². The van der Waals surface area contributed by atoms with Crippen LogP contribution in [0.4, 0.5) is 5.69 Å². The maximum atomic E-state index is 11.0. The molecule has 0 fully saturated rings. The van der Waals surface area contributed by atoms with E-state index in [-0.39, 0.29) is 21.3 Å². The minimum Gasteiger partial charge on any atom is -0.337 e. The fourth-order valence-corrected chi connectivity index (χ4v) is 2.70. The number of benzene rings is 2. The van der Waals surface area contributed by atoms with Crippen LogP contribution in [0.25, 0.3) is 22.7 Å². The normalized spacial score (nSPS) is 11.5. The molecule has 0 aliphatic carbocycles. The van der Waals surface area contributed by atoms with E-state index in [1.54, 1.807) is 0 Å². The van der Waals surface area contributed by atoms with Crippen molar-refractivity contribution < 1.29 is 4.92 Å². The number of allylic oxidation sites excluding steroid dienone is 1. The van der Waals surface area contributed by atoms with Gasteiger partial charge in [-0.1, -0.05) is 35.3 Å². The summed E-state index contributed by atoms with van der Waals surface area (Å²) in [5.41, 5.74) is 1.72. The fourth-order valence-electron chi connectivity index (χ4n) is 2.19. The monoisotopic (exact) mass is 358 g/mol. The van der Waals surface area contributed by atoms with Crippen molar-refractivity contribution in [2.24, 2.45) is 0 Å². The van der Waals surface area contributed by atoms with Gasteiger partial charge in [-0.3, -0.25) is 10.1 Å². The van der Waals surface area contributed by atoms with E-state index in [4.69, 9.17) is 23.2 Å². The number of halogens is 2. The van der Waals surface area contributed by atoms with Crippen LogP contribution in [0.3, 0.4) is 0 Å². The average Bonchev–Trinajstić information content (AvgIpc) is 2.97. The molecule has 6 nitrogen and oxygen atoms in total. The van der Waals surface area contributed by atoms with Gasteiger partial charge in [0.2, 0.25) is 0 Å². The first-order valence-corrected chi connectivity index (χ1v) is 7.45. The summed E-state index contributed by atoms with van der Waals surface area (Å²) in [6, 6.07) is 11.9. The van der Waals surface area contributed by atoms with Crippen molar-refractivity contribution in [3.8, 4) is 6.07 Å². The van der Waals surface area contributed by atoms with Crippen LogP contribution in [0, 0.1) is 21.4 Å². The van der Waals surface area contributed by atoms with Crippen molar-refractivity contribution in [1.29, 1.82) is 5.26 Å². The molecule has 8 heteroatoms. The number of nitro benzene ring substituents is 1. The summed E-state index contributed by atoms with van der Waals surface area (Å²) in [6.45, 7) is 0. The van der Waals surface area contributed by atoms with Gasteiger partial charge >= 0.3 is 0 Å². The molecule has 0 atom stereocenters. The summed E-state index contributed by atoms with van der Waals surface area (Å²) < 4.78 is 0. The number of nitro groups is 1. The zero-order valence-electron chi connectivity index (χ0n) is 12.0. The minimum absolute atomic E-state index is 0.0654. The van der Waals surface area contributed by atoms with Crippen molar-refractivity contribution >= 4 is 51.6 Å². The molecule has 3 aromatic rings. The second kappa shape index (κ2) is 6.32. The number of aromatic amines is 1. The molecule has 118 valence electrons. The minimum atomic E-state index is -0.608. The molecule has 1 heterocycles. The van der Waals surface area contributed by atoms with Gasteiger partial charge in [0.05, 0.1) is 21.5 Å². The van der Waals surface area contributed by atoms with Gasteiger partial charge in [-0.2, -0.15) is 5.26 Å². The lowest BCUT2D eigenvalue weighted by Crippen LogP contribution is -1.91. The van der Waals surface area contributed by atoms with Crippen LogP contribution in [0.1, 0.15) is 11.4 Å². The van der Waals surface area contributed by atoms with Gasteiger partial charge in [-0.15, -0.1) is 0 Å². The number of aromatic nitrogens is 2. The maximum Gasteiger partial charge on any atom is 0.288 e. The van der Waals surface area contributed by atoms with Crippen molar-refractivity contribution in [3.05, 3.63) is 67.9 Å². The van der Waals surface area contributed by atoms with Gasteiger partial charge in [0.25, 0.3) is 5.69 Å². The largest absolute Gasteiger partial charge is 0.337 e. The third kappa shape index (κ3) is 2.95. The predicted octanol–water partition coefficient (Wildman–Crippen LogP) is 4.84. The summed E-state index contributed by atoms with van der Waals surface area (Å²) in [6.07, 6.45) is 1.43. The topological polar surface area (TPSA) is 95.6 Å². The lowest BCUT2D eigenvalue weighted by molar-refractivity contribution is -0.384. The molecule has 0 spiro atoms. The SMILES string of the molecule is N#CC(=Cc1cc([N+](=O)[O-])c(Cl)cc1Cl)c1nc2ccccc2[nH]1. The molecule has 2 aromatic carbocycles. The second-order valence-corrected chi connectivity index (χ2v) is 5.67. The quantitative estimate of drug-likeness (QED) is 0.411. The summed E-state index contributed by atoms with van der Waals surface area (Å²) >= 11 is 11.9. The molecule has 0 aliphatic rings. The summed E-state index contributed by atoms with van der Waals surface area (Å²) in [5, 5.41) is 20.5. The van der Waals surface area contributed by atoms with Crippen LogP contribution in [0.15, 0.2) is 36.4 Å². The Labute approximate surface area is 146 Å². The van der Waals surface area contributed by atoms with Crippen LogP contribution in [-0.2, 0) is 0 Å². The molecule has 0 unspecified atom stereocenters. The van der Waals surface area contributed by atoms with Crippen LogP contribution in [-0.4, -0.2) is 14.9 Å². The number of nitrogens with one attached hydrogen (secondary N) is 1. The Kier molecular flexibility index (Phi) is 4.21. The fraction of sp³-hybridized carbons (Fsp3) is 0. The molecule has 0 aliphatic heterocycles. The van der Waals surface area contributed by atoms with E-state index in [1.807, 2.05) is 30.3 Å². The van der Waals surface area contributed by atoms with Crippen LogP contribution in [0.2, 0.25) is 10.0 Å². The summed E-state index contributed by atoms with van der Waals surface area (Å²) in [5.74, 6) is 0.354. The number of hydrogen-bond donors (Lipinski definition) is 1. The number of fused-ring (bicyclic) bond motifs is 1. The van der Waals surface area contributed by atoms with E-state index in [0.717, 1.165) is 5.52 Å². The number of hydrogen-bond acceptors (Lipinski definition) is 4. The van der Waals surface area contributed by atoms with E-state index >= 15 is 0 Å². The first-order chi connectivity index (χ1) is 11.5. The zero-order valence-corrected chi connectivity index (χ0v) is 13.5. The van der Waals surface area contributed by atoms with Crippen molar-refractivity contribution in [2.45, 2.75) is 0 Å². The van der Waals surface area contributed by atoms with E-state index in [0.29, 0.717) is 16.9 Å². The van der Waals surface area contributed by atoms with Gasteiger partial charge in [0.1, 0.15) is 16.9 Å². The zero-order chi connectivity index (χ0) is 17.3. The molecule has 0 radical (unpaired) electrons. The van der Waals surface area contributed by atoms with E-state index < -0.39 is 4.92 Å². The lowest BCUT2D eigenvalue weighted by atomic mass is 10.1. The number of nitrogens with zero attached hydrogens (tertiary/aromatic N) is 3. The molecular formula is C16H8Cl2N4O2. The van der Waals surface area contributed by atoms with Gasteiger partial charge in [-0.05, 0) is 24.3 Å². The number of nitriles is 1. The van der Waals surface area contributed by atoms with E-state index in [1.165, 1.54) is 18.2 Å². The first kappa shape index (κ1) is 16.0. The van der Waals surface area contributed by atoms with Gasteiger partial charge in [0.15, 0.2) is 0 Å². The maximum absolute atomic E-state index is 11.0. The molecule has 1 aromatic heterocycles. The number of para-hydroxylation sites is 2. The Morgan fingerprint density at radius 1 is 1.29 bits per heavy atom. The molecule has 1 N–H and O–H groups in total. The Hall–Kier alpha value is -2.88. The smallest absolute Gasteiger partial charge is 0.288 e. The van der Waals surface area contributed by atoms with Crippen molar-refractivity contribution in [2.75, 3.05) is 0 Å². The first-order valence-electron chi connectivity index (χ1n) is 6.70. The second-order valence-electron chi connectivity index (χ2n) is 4.85. The van der Waals surface area contributed by atoms with Crippen molar-refractivity contribution in [1.82, 2.24) is 9.97 Å². The molecule has 0 amide bonds. The Morgan fingerprint density at radius 3 is 2.71 bits per heavy atom. The molecule has 0 saturated heterocycles. The predicted molar refractivity (Wildman–Crippen MR) is 92.7 cm³/mol. The summed E-state index contributed by atoms with van der Waals surface area (Å²) in [4.78, 5) is 17.8. The highest BCUT2D eigenvalue weighted by molar-refractivity contribution is 6.37. The van der Waals surface area contributed by atoms with Gasteiger partial charge in [-0.25, -0.2) is 4.98 Å². The number of rotatable bonds is 3. The Balaban J connectivity index is 2.13. The highest BCUT2D eigenvalue weighted by atomic mass is 35.5. The lowest BCUT2D eigenvalue weighted by Gasteiger charge is -2.02. The molecular weight excluding hydrogens is 351 g/mol. The van der Waals surface area contributed by atoms with Crippen LogP contribution >= 0.6 is 23.2 Å².